The lowest BCUT2D eigenvalue weighted by molar-refractivity contribution is 0.248. The van der Waals surface area contributed by atoms with Crippen LogP contribution < -0.4 is 15.5 Å². The first-order chi connectivity index (χ1) is 11.7. The molecule has 1 aromatic rings. The average molecular weight is 330 g/mol. The quantitative estimate of drug-likeness (QED) is 0.891. The molecule has 2 aliphatic rings. The number of nitrogens with zero attached hydrogens (tertiary/aromatic N) is 2. The summed E-state index contributed by atoms with van der Waals surface area (Å²) in [5, 5.41) is 6.05. The zero-order chi connectivity index (χ0) is 16.9. The molecule has 0 aromatic heterocycles. The summed E-state index contributed by atoms with van der Waals surface area (Å²) in [5.74, 6) is 0. The topological polar surface area (TPSA) is 47.6 Å². The van der Waals surface area contributed by atoms with Crippen LogP contribution in [-0.2, 0) is 0 Å². The Labute approximate surface area is 145 Å². The number of piperazine rings is 1. The fraction of sp³-hybridized carbons (Fsp3) is 0.632. The van der Waals surface area contributed by atoms with Gasteiger partial charge in [0.15, 0.2) is 0 Å². The van der Waals surface area contributed by atoms with Crippen LogP contribution in [0.2, 0.25) is 0 Å². The molecule has 1 aliphatic carbocycles. The van der Waals surface area contributed by atoms with Crippen LogP contribution in [0.3, 0.4) is 0 Å². The van der Waals surface area contributed by atoms with E-state index in [0.717, 1.165) is 51.3 Å². The van der Waals surface area contributed by atoms with Gasteiger partial charge in [0.2, 0.25) is 0 Å². The van der Waals surface area contributed by atoms with E-state index in [2.05, 4.69) is 46.4 Å². The molecule has 0 radical (unpaired) electrons. The van der Waals surface area contributed by atoms with Crippen LogP contribution in [0, 0.1) is 6.92 Å². The Morgan fingerprint density at radius 1 is 1.17 bits per heavy atom. The molecule has 3 rings (SSSR count). The highest BCUT2D eigenvalue weighted by Crippen LogP contribution is 2.25. The molecule has 132 valence electrons. The van der Waals surface area contributed by atoms with Gasteiger partial charge >= 0.3 is 6.03 Å². The van der Waals surface area contributed by atoms with Crippen molar-refractivity contribution in [2.24, 2.45) is 0 Å². The fourth-order valence-corrected chi connectivity index (χ4v) is 3.82. The lowest BCUT2D eigenvalue weighted by Gasteiger charge is -2.36. The van der Waals surface area contributed by atoms with Gasteiger partial charge in [0.25, 0.3) is 0 Å². The number of urea groups is 1. The molecule has 0 atom stereocenters. The fourth-order valence-electron chi connectivity index (χ4n) is 3.82. The molecule has 1 aromatic carbocycles. The molecular formula is C19H30N4O. The van der Waals surface area contributed by atoms with Crippen LogP contribution in [0.5, 0.6) is 0 Å². The standard InChI is InChI=1S/C19H30N4O/c1-3-22-10-12-23(13-11-22)18-9-8-17(14-15(18)2)21-19(24)20-16-6-4-5-7-16/h8-9,14,16H,3-7,10-13H2,1-2H3,(H2,20,21,24). The number of amides is 2. The van der Waals surface area contributed by atoms with Gasteiger partial charge in [-0.05, 0) is 50.1 Å². The maximum atomic E-state index is 12.1. The number of aryl methyl sites for hydroxylation is 1. The van der Waals surface area contributed by atoms with E-state index < -0.39 is 0 Å². The van der Waals surface area contributed by atoms with Gasteiger partial charge in [-0.2, -0.15) is 0 Å². The molecule has 5 nitrogen and oxygen atoms in total. The van der Waals surface area contributed by atoms with E-state index >= 15 is 0 Å². The summed E-state index contributed by atoms with van der Waals surface area (Å²) < 4.78 is 0. The van der Waals surface area contributed by atoms with Crippen LogP contribution >= 0.6 is 0 Å². The SMILES string of the molecule is CCN1CCN(c2ccc(NC(=O)NC3CCCC3)cc2C)CC1. The number of anilines is 2. The number of carbonyl (C=O) groups is 1. The van der Waals surface area contributed by atoms with E-state index in [-0.39, 0.29) is 6.03 Å². The summed E-state index contributed by atoms with van der Waals surface area (Å²) in [4.78, 5) is 17.0. The Bertz CT molecular complexity index is 560. The van der Waals surface area contributed by atoms with Gasteiger partial charge in [-0.25, -0.2) is 4.79 Å². The third kappa shape index (κ3) is 4.20. The van der Waals surface area contributed by atoms with Gasteiger partial charge in [-0.1, -0.05) is 19.8 Å². The summed E-state index contributed by atoms with van der Waals surface area (Å²) >= 11 is 0. The molecule has 2 fully saturated rings. The van der Waals surface area contributed by atoms with Gasteiger partial charge in [0.1, 0.15) is 0 Å². The number of hydrogen-bond acceptors (Lipinski definition) is 3. The van der Waals surface area contributed by atoms with Crippen molar-refractivity contribution in [3.63, 3.8) is 0 Å². The van der Waals surface area contributed by atoms with E-state index in [0.29, 0.717) is 6.04 Å². The molecule has 1 aliphatic heterocycles. The molecule has 0 spiro atoms. The Balaban J connectivity index is 1.57. The minimum absolute atomic E-state index is 0.0781. The Morgan fingerprint density at radius 3 is 2.50 bits per heavy atom. The summed E-state index contributed by atoms with van der Waals surface area (Å²) in [6.45, 7) is 9.87. The van der Waals surface area contributed by atoms with Crippen LogP contribution in [0.25, 0.3) is 0 Å². The number of benzene rings is 1. The van der Waals surface area contributed by atoms with E-state index in [1.807, 2.05) is 6.07 Å². The summed E-state index contributed by atoms with van der Waals surface area (Å²) in [5.41, 5.74) is 3.38. The average Bonchev–Trinajstić information content (AvgIpc) is 3.08. The largest absolute Gasteiger partial charge is 0.369 e. The Kier molecular flexibility index (Phi) is 5.61. The maximum Gasteiger partial charge on any atom is 0.319 e. The first kappa shape index (κ1) is 17.1. The van der Waals surface area contributed by atoms with Gasteiger partial charge in [-0.3, -0.25) is 0 Å². The van der Waals surface area contributed by atoms with Crippen LogP contribution in [-0.4, -0.2) is 49.7 Å². The molecule has 24 heavy (non-hydrogen) atoms. The van der Waals surface area contributed by atoms with Crippen molar-refractivity contribution >= 4 is 17.4 Å². The lowest BCUT2D eigenvalue weighted by atomic mass is 10.1. The molecule has 2 amide bonds. The van der Waals surface area contributed by atoms with E-state index in [9.17, 15) is 4.79 Å². The zero-order valence-corrected chi connectivity index (χ0v) is 15.0. The van der Waals surface area contributed by atoms with E-state index in [4.69, 9.17) is 0 Å². The van der Waals surface area contributed by atoms with Crippen LogP contribution in [0.15, 0.2) is 18.2 Å². The minimum atomic E-state index is -0.0781. The van der Waals surface area contributed by atoms with Gasteiger partial charge in [0, 0.05) is 43.6 Å². The van der Waals surface area contributed by atoms with Crippen molar-refractivity contribution in [1.82, 2.24) is 10.2 Å². The summed E-state index contributed by atoms with van der Waals surface area (Å²) in [7, 11) is 0. The number of likely N-dealkylation sites (N-methyl/N-ethyl adjacent to an activating group) is 1. The predicted octanol–water partition coefficient (Wildman–Crippen LogP) is 3.20. The van der Waals surface area contributed by atoms with Gasteiger partial charge in [-0.15, -0.1) is 0 Å². The highest BCUT2D eigenvalue weighted by Gasteiger charge is 2.19. The van der Waals surface area contributed by atoms with Crippen molar-refractivity contribution in [1.29, 1.82) is 0 Å². The van der Waals surface area contributed by atoms with Crippen molar-refractivity contribution < 1.29 is 4.79 Å². The highest BCUT2D eigenvalue weighted by molar-refractivity contribution is 5.90. The first-order valence-electron chi connectivity index (χ1n) is 9.31. The van der Waals surface area contributed by atoms with Crippen LogP contribution in [0.1, 0.15) is 38.2 Å². The second-order valence-corrected chi connectivity index (χ2v) is 7.00. The molecule has 0 bridgehead atoms. The predicted molar refractivity (Wildman–Crippen MR) is 99.9 cm³/mol. The summed E-state index contributed by atoms with van der Waals surface area (Å²) in [6.07, 6.45) is 4.67. The molecule has 0 unspecified atom stereocenters. The second kappa shape index (κ2) is 7.88. The number of rotatable bonds is 4. The number of hydrogen-bond donors (Lipinski definition) is 2. The normalized spacial score (nSPS) is 19.5. The lowest BCUT2D eigenvalue weighted by Crippen LogP contribution is -2.46. The second-order valence-electron chi connectivity index (χ2n) is 7.00. The monoisotopic (exact) mass is 330 g/mol. The Morgan fingerprint density at radius 2 is 1.88 bits per heavy atom. The zero-order valence-electron chi connectivity index (χ0n) is 15.0. The number of carbonyl (C=O) groups excluding carboxylic acids is 1. The van der Waals surface area contributed by atoms with Crippen molar-refractivity contribution in [2.45, 2.75) is 45.6 Å². The smallest absolute Gasteiger partial charge is 0.319 e. The molecular weight excluding hydrogens is 300 g/mol. The van der Waals surface area contributed by atoms with Crippen molar-refractivity contribution in [2.75, 3.05) is 42.9 Å². The van der Waals surface area contributed by atoms with Crippen LogP contribution in [0.4, 0.5) is 16.2 Å². The first-order valence-corrected chi connectivity index (χ1v) is 9.31. The van der Waals surface area contributed by atoms with E-state index in [1.165, 1.54) is 24.1 Å². The van der Waals surface area contributed by atoms with Gasteiger partial charge in [0.05, 0.1) is 0 Å². The van der Waals surface area contributed by atoms with Gasteiger partial charge < -0.3 is 20.4 Å². The molecule has 5 heteroatoms. The van der Waals surface area contributed by atoms with Crippen molar-refractivity contribution in [3.05, 3.63) is 23.8 Å². The van der Waals surface area contributed by atoms with Crippen molar-refractivity contribution in [3.8, 4) is 0 Å². The third-order valence-corrected chi connectivity index (χ3v) is 5.31. The molecule has 2 N–H and O–H groups in total. The van der Waals surface area contributed by atoms with E-state index in [1.54, 1.807) is 0 Å². The molecule has 1 heterocycles. The Hall–Kier alpha value is -1.75. The molecule has 1 saturated carbocycles. The minimum Gasteiger partial charge on any atom is -0.369 e. The third-order valence-electron chi connectivity index (χ3n) is 5.31. The highest BCUT2D eigenvalue weighted by atomic mass is 16.2. The number of nitrogens with one attached hydrogen (secondary N) is 2. The molecule has 1 saturated heterocycles. The summed E-state index contributed by atoms with van der Waals surface area (Å²) in [6, 6.07) is 6.51. The maximum absolute atomic E-state index is 12.1.